The van der Waals surface area contributed by atoms with E-state index in [1.165, 1.54) is 6.92 Å². The molecular weight excluding hydrogens is 124 g/mol. The third-order valence-electron chi connectivity index (χ3n) is 0.555. The Morgan fingerprint density at radius 2 is 2.22 bits per heavy atom. The van der Waals surface area contributed by atoms with Crippen LogP contribution in [0.5, 0.6) is 0 Å². The predicted molar refractivity (Wildman–Crippen MR) is 29.3 cm³/mol. The fourth-order valence-electron chi connectivity index (χ4n) is 0.241. The average Bonchev–Trinajstić information content (AvgIpc) is 1.63. The van der Waals surface area contributed by atoms with Gasteiger partial charge in [-0.25, -0.2) is 4.79 Å². The molecular formula is C4H8N2O3. The Balaban J connectivity index is 3.86. The molecule has 1 atom stereocenters. The monoisotopic (exact) mass is 132 g/mol. The first-order valence-corrected chi connectivity index (χ1v) is 2.21. The lowest BCUT2D eigenvalue weighted by molar-refractivity contribution is -0.122. The van der Waals surface area contributed by atoms with E-state index in [2.05, 4.69) is 10.5 Å². The maximum absolute atomic E-state index is 9.93. The minimum atomic E-state index is -1.59. The predicted octanol–water partition coefficient (Wildman–Crippen LogP) is -1.04. The van der Waals surface area contributed by atoms with E-state index in [1.807, 2.05) is 0 Å². The Morgan fingerprint density at radius 1 is 1.78 bits per heavy atom. The molecule has 0 aromatic heterocycles. The van der Waals surface area contributed by atoms with E-state index in [9.17, 15) is 9.59 Å². The van der Waals surface area contributed by atoms with Crippen molar-refractivity contribution in [2.45, 2.75) is 12.6 Å². The van der Waals surface area contributed by atoms with Gasteiger partial charge in [0.1, 0.15) is 0 Å². The minimum Gasteiger partial charge on any atom is -0.421 e. The summed E-state index contributed by atoms with van der Waals surface area (Å²) >= 11 is 0. The van der Waals surface area contributed by atoms with Crippen molar-refractivity contribution < 1.29 is 14.3 Å². The van der Waals surface area contributed by atoms with E-state index in [1.54, 1.807) is 0 Å². The summed E-state index contributed by atoms with van der Waals surface area (Å²) in [5.74, 6) is 0. The number of hydrogen-bond donors (Lipinski definition) is 2. The highest BCUT2D eigenvalue weighted by Crippen LogP contribution is 1.94. The van der Waals surface area contributed by atoms with Gasteiger partial charge in [-0.3, -0.25) is 10.5 Å². The summed E-state index contributed by atoms with van der Waals surface area (Å²) in [5.41, 5.74) is 7.99. The second kappa shape index (κ2) is 2.45. The zero-order valence-electron chi connectivity index (χ0n) is 4.96. The van der Waals surface area contributed by atoms with Gasteiger partial charge in [-0.05, 0) is 6.92 Å². The highest BCUT2D eigenvalue weighted by atomic mass is 16.6. The first kappa shape index (κ1) is 7.90. The molecule has 0 fully saturated rings. The van der Waals surface area contributed by atoms with Crippen LogP contribution in [0.2, 0.25) is 0 Å². The fourth-order valence-corrected chi connectivity index (χ4v) is 0.241. The second-order valence-electron chi connectivity index (χ2n) is 1.72. The van der Waals surface area contributed by atoms with Gasteiger partial charge in [0, 0.05) is 0 Å². The highest BCUT2D eigenvalue weighted by molar-refractivity contribution is 5.70. The lowest BCUT2D eigenvalue weighted by Crippen LogP contribution is -2.44. The third kappa shape index (κ3) is 3.48. The molecule has 1 unspecified atom stereocenters. The lowest BCUT2D eigenvalue weighted by Gasteiger charge is -2.14. The molecule has 5 heteroatoms. The van der Waals surface area contributed by atoms with Gasteiger partial charge in [-0.1, -0.05) is 0 Å². The standard InChI is InChI=1S/C4H8N2O3/c1-4(6,2-7)9-3(5)8/h2H,6H2,1H3,(H2,5,8). The number of primary amides is 1. The quantitative estimate of drug-likeness (QED) is 0.370. The van der Waals surface area contributed by atoms with Crippen LogP contribution in [0.1, 0.15) is 6.92 Å². The van der Waals surface area contributed by atoms with Crippen LogP contribution in [-0.2, 0) is 9.53 Å². The van der Waals surface area contributed by atoms with Crippen molar-refractivity contribution in [1.82, 2.24) is 0 Å². The van der Waals surface area contributed by atoms with Crippen LogP contribution in [0.25, 0.3) is 0 Å². The highest BCUT2D eigenvalue weighted by Gasteiger charge is 2.20. The Labute approximate surface area is 52.0 Å². The normalized spacial score (nSPS) is 15.8. The Hall–Kier alpha value is -1.10. The minimum absolute atomic E-state index is 0.289. The van der Waals surface area contributed by atoms with Crippen molar-refractivity contribution in [3.63, 3.8) is 0 Å². The van der Waals surface area contributed by atoms with Crippen molar-refractivity contribution in [2.75, 3.05) is 0 Å². The largest absolute Gasteiger partial charge is 0.421 e. The van der Waals surface area contributed by atoms with Gasteiger partial charge in [0.15, 0.2) is 6.29 Å². The molecule has 4 N–H and O–H groups in total. The first-order valence-electron chi connectivity index (χ1n) is 2.21. The Morgan fingerprint density at radius 3 is 2.33 bits per heavy atom. The number of nitrogens with two attached hydrogens (primary N) is 2. The van der Waals surface area contributed by atoms with E-state index in [0.29, 0.717) is 0 Å². The van der Waals surface area contributed by atoms with E-state index in [0.717, 1.165) is 0 Å². The first-order chi connectivity index (χ1) is 3.98. The van der Waals surface area contributed by atoms with Gasteiger partial charge < -0.3 is 10.5 Å². The Kier molecular flexibility index (Phi) is 2.15. The number of hydrogen-bond acceptors (Lipinski definition) is 4. The summed E-state index contributed by atoms with van der Waals surface area (Å²) in [7, 11) is 0. The van der Waals surface area contributed by atoms with Crippen molar-refractivity contribution in [2.24, 2.45) is 11.5 Å². The molecule has 0 rings (SSSR count). The topological polar surface area (TPSA) is 95.4 Å². The summed E-state index contributed by atoms with van der Waals surface area (Å²) in [4.78, 5) is 19.8. The second-order valence-corrected chi connectivity index (χ2v) is 1.72. The zero-order valence-corrected chi connectivity index (χ0v) is 4.96. The number of carbonyl (C=O) groups is 2. The summed E-state index contributed by atoms with van der Waals surface area (Å²) < 4.78 is 4.14. The molecule has 0 aliphatic heterocycles. The van der Waals surface area contributed by atoms with Gasteiger partial charge in [0.25, 0.3) is 0 Å². The molecule has 0 aliphatic carbocycles. The molecule has 0 saturated carbocycles. The number of aldehydes is 1. The van der Waals surface area contributed by atoms with E-state index in [-0.39, 0.29) is 6.29 Å². The van der Waals surface area contributed by atoms with Crippen molar-refractivity contribution in [3.8, 4) is 0 Å². The van der Waals surface area contributed by atoms with Crippen molar-refractivity contribution in [3.05, 3.63) is 0 Å². The molecule has 0 aromatic rings. The molecule has 1 amide bonds. The molecule has 0 bridgehead atoms. The van der Waals surface area contributed by atoms with Crippen LogP contribution < -0.4 is 11.5 Å². The maximum Gasteiger partial charge on any atom is 0.406 e. The molecule has 0 radical (unpaired) electrons. The van der Waals surface area contributed by atoms with Gasteiger partial charge in [-0.15, -0.1) is 0 Å². The van der Waals surface area contributed by atoms with E-state index in [4.69, 9.17) is 5.73 Å². The van der Waals surface area contributed by atoms with Gasteiger partial charge >= 0.3 is 6.09 Å². The molecule has 0 aromatic carbocycles. The van der Waals surface area contributed by atoms with Gasteiger partial charge in [0.2, 0.25) is 5.72 Å². The van der Waals surface area contributed by atoms with Crippen LogP contribution in [0.3, 0.4) is 0 Å². The maximum atomic E-state index is 9.93. The van der Waals surface area contributed by atoms with Crippen molar-refractivity contribution in [1.29, 1.82) is 0 Å². The van der Waals surface area contributed by atoms with Crippen LogP contribution in [0.4, 0.5) is 4.79 Å². The van der Waals surface area contributed by atoms with Crippen LogP contribution >= 0.6 is 0 Å². The number of rotatable bonds is 2. The third-order valence-corrected chi connectivity index (χ3v) is 0.555. The summed E-state index contributed by atoms with van der Waals surface area (Å²) in [5, 5.41) is 0. The van der Waals surface area contributed by atoms with Crippen LogP contribution in [0, 0.1) is 0 Å². The molecule has 0 saturated heterocycles. The fraction of sp³-hybridized carbons (Fsp3) is 0.500. The number of carbonyl (C=O) groups excluding carboxylic acids is 2. The lowest BCUT2D eigenvalue weighted by atomic mass is 10.3. The van der Waals surface area contributed by atoms with Gasteiger partial charge in [0.05, 0.1) is 0 Å². The molecule has 0 aliphatic rings. The molecule has 9 heavy (non-hydrogen) atoms. The van der Waals surface area contributed by atoms with Crippen LogP contribution in [0.15, 0.2) is 0 Å². The van der Waals surface area contributed by atoms with Gasteiger partial charge in [-0.2, -0.15) is 0 Å². The summed E-state index contributed by atoms with van der Waals surface area (Å²) in [6.07, 6.45) is -0.773. The molecule has 0 spiro atoms. The number of amides is 1. The molecule has 5 nitrogen and oxygen atoms in total. The average molecular weight is 132 g/mol. The SMILES string of the molecule is CC(N)(C=O)OC(N)=O. The molecule has 0 heterocycles. The van der Waals surface area contributed by atoms with Crippen LogP contribution in [-0.4, -0.2) is 18.1 Å². The number of ether oxygens (including phenoxy) is 1. The van der Waals surface area contributed by atoms with E-state index < -0.39 is 11.8 Å². The molecule has 52 valence electrons. The summed E-state index contributed by atoms with van der Waals surface area (Å²) in [6.45, 7) is 1.23. The Bertz CT molecular complexity index is 132. The zero-order chi connectivity index (χ0) is 7.49. The van der Waals surface area contributed by atoms with Crippen molar-refractivity contribution >= 4 is 12.4 Å². The smallest absolute Gasteiger partial charge is 0.406 e. The van der Waals surface area contributed by atoms with E-state index >= 15 is 0 Å². The summed E-state index contributed by atoms with van der Waals surface area (Å²) in [6, 6.07) is 0.